The highest BCUT2D eigenvalue weighted by molar-refractivity contribution is 5.68. The van der Waals surface area contributed by atoms with Crippen LogP contribution < -0.4 is 10.6 Å². The fourth-order valence-electron chi connectivity index (χ4n) is 2.20. The minimum Gasteiger partial charge on any atom is -0.397 e. The Balaban J connectivity index is 2.20. The van der Waals surface area contributed by atoms with Gasteiger partial charge in [-0.1, -0.05) is 19.9 Å². The summed E-state index contributed by atoms with van der Waals surface area (Å²) in [6.07, 6.45) is 2.17. The fourth-order valence-corrected chi connectivity index (χ4v) is 2.20. The number of rotatable bonds is 1. The molecule has 0 amide bonds. The van der Waals surface area contributed by atoms with Crippen LogP contribution in [0.25, 0.3) is 0 Å². The van der Waals surface area contributed by atoms with Gasteiger partial charge in [-0.05, 0) is 30.4 Å². The van der Waals surface area contributed by atoms with Gasteiger partial charge in [0.1, 0.15) is 5.82 Å². The van der Waals surface area contributed by atoms with Crippen LogP contribution in [-0.2, 0) is 0 Å². The van der Waals surface area contributed by atoms with Crippen LogP contribution in [-0.4, -0.2) is 13.1 Å². The van der Waals surface area contributed by atoms with Crippen molar-refractivity contribution >= 4 is 11.4 Å². The summed E-state index contributed by atoms with van der Waals surface area (Å²) in [5.41, 5.74) is 7.33. The Morgan fingerprint density at radius 3 is 2.44 bits per heavy atom. The van der Waals surface area contributed by atoms with Gasteiger partial charge in [0.05, 0.1) is 11.4 Å². The lowest BCUT2D eigenvalue weighted by Crippen LogP contribution is -2.38. The standard InChI is InChI=1S/C13H19FN2/c1-13(2)6-8-16(9-7-13)12-10(14)4-3-5-11(12)15/h3-5H,6-9,15H2,1-2H3. The number of nitrogen functional groups attached to an aromatic ring is 1. The Morgan fingerprint density at radius 2 is 1.88 bits per heavy atom. The summed E-state index contributed by atoms with van der Waals surface area (Å²) in [4.78, 5) is 2.07. The van der Waals surface area contributed by atoms with Crippen LogP contribution in [0.2, 0.25) is 0 Å². The molecular weight excluding hydrogens is 203 g/mol. The number of para-hydroxylation sites is 1. The number of anilines is 2. The minimum absolute atomic E-state index is 0.209. The summed E-state index contributed by atoms with van der Waals surface area (Å²) >= 11 is 0. The highest BCUT2D eigenvalue weighted by Gasteiger charge is 2.27. The van der Waals surface area contributed by atoms with Gasteiger partial charge in [0, 0.05) is 13.1 Å². The summed E-state index contributed by atoms with van der Waals surface area (Å²) in [6, 6.07) is 4.89. The molecule has 0 saturated carbocycles. The monoisotopic (exact) mass is 222 g/mol. The topological polar surface area (TPSA) is 29.3 Å². The summed E-state index contributed by atoms with van der Waals surface area (Å²) in [6.45, 7) is 6.29. The van der Waals surface area contributed by atoms with Crippen molar-refractivity contribution in [3.63, 3.8) is 0 Å². The minimum atomic E-state index is -0.209. The molecule has 3 heteroatoms. The first-order valence-corrected chi connectivity index (χ1v) is 5.78. The highest BCUT2D eigenvalue weighted by atomic mass is 19.1. The first-order valence-electron chi connectivity index (χ1n) is 5.78. The molecule has 0 unspecified atom stereocenters. The second-order valence-electron chi connectivity index (χ2n) is 5.33. The molecule has 1 fully saturated rings. The highest BCUT2D eigenvalue weighted by Crippen LogP contribution is 2.35. The van der Waals surface area contributed by atoms with Gasteiger partial charge in [0.15, 0.2) is 0 Å². The zero-order valence-electron chi connectivity index (χ0n) is 9.96. The van der Waals surface area contributed by atoms with Gasteiger partial charge in [-0.15, -0.1) is 0 Å². The maximum atomic E-state index is 13.7. The number of hydrogen-bond donors (Lipinski definition) is 1. The molecule has 0 aromatic heterocycles. The van der Waals surface area contributed by atoms with E-state index in [1.54, 1.807) is 12.1 Å². The van der Waals surface area contributed by atoms with Crippen molar-refractivity contribution in [1.29, 1.82) is 0 Å². The van der Waals surface area contributed by atoms with Gasteiger partial charge in [0.2, 0.25) is 0 Å². The molecule has 1 heterocycles. The van der Waals surface area contributed by atoms with E-state index < -0.39 is 0 Å². The van der Waals surface area contributed by atoms with E-state index >= 15 is 0 Å². The number of hydrogen-bond acceptors (Lipinski definition) is 2. The number of piperidine rings is 1. The number of nitrogens with two attached hydrogens (primary N) is 1. The third-order valence-electron chi connectivity index (χ3n) is 3.45. The zero-order valence-corrected chi connectivity index (χ0v) is 9.96. The van der Waals surface area contributed by atoms with Gasteiger partial charge in [-0.25, -0.2) is 4.39 Å². The van der Waals surface area contributed by atoms with Gasteiger partial charge in [0.25, 0.3) is 0 Å². The first kappa shape index (κ1) is 11.2. The van der Waals surface area contributed by atoms with Crippen molar-refractivity contribution in [1.82, 2.24) is 0 Å². The Labute approximate surface area is 96.2 Å². The maximum Gasteiger partial charge on any atom is 0.148 e. The molecule has 0 radical (unpaired) electrons. The van der Waals surface area contributed by atoms with E-state index in [-0.39, 0.29) is 5.82 Å². The van der Waals surface area contributed by atoms with Crippen molar-refractivity contribution < 1.29 is 4.39 Å². The normalized spacial score (nSPS) is 19.8. The van der Waals surface area contributed by atoms with Crippen LogP contribution >= 0.6 is 0 Å². The van der Waals surface area contributed by atoms with Crippen LogP contribution in [0, 0.1) is 11.2 Å². The van der Waals surface area contributed by atoms with Crippen molar-refractivity contribution in [2.45, 2.75) is 26.7 Å². The van der Waals surface area contributed by atoms with E-state index in [0.717, 1.165) is 25.9 Å². The molecule has 0 atom stereocenters. The Bertz CT molecular complexity index is 357. The lowest BCUT2D eigenvalue weighted by Gasteiger charge is -2.38. The average Bonchev–Trinajstić information content (AvgIpc) is 2.20. The summed E-state index contributed by atoms with van der Waals surface area (Å²) in [5, 5.41) is 0. The number of halogens is 1. The molecule has 2 rings (SSSR count). The quantitative estimate of drug-likeness (QED) is 0.740. The van der Waals surface area contributed by atoms with Crippen LogP contribution in [0.1, 0.15) is 26.7 Å². The van der Waals surface area contributed by atoms with Crippen molar-refractivity contribution in [3.05, 3.63) is 24.0 Å². The molecule has 2 nitrogen and oxygen atoms in total. The third kappa shape index (κ3) is 2.13. The second-order valence-corrected chi connectivity index (χ2v) is 5.33. The van der Waals surface area contributed by atoms with E-state index in [4.69, 9.17) is 5.73 Å². The molecule has 2 N–H and O–H groups in total. The van der Waals surface area contributed by atoms with Gasteiger partial charge in [-0.2, -0.15) is 0 Å². The van der Waals surface area contributed by atoms with E-state index in [2.05, 4.69) is 18.7 Å². The molecule has 1 saturated heterocycles. The van der Waals surface area contributed by atoms with Crippen LogP contribution in [0.4, 0.5) is 15.8 Å². The van der Waals surface area contributed by atoms with Crippen LogP contribution in [0.15, 0.2) is 18.2 Å². The fraction of sp³-hybridized carbons (Fsp3) is 0.538. The predicted molar refractivity (Wildman–Crippen MR) is 66.0 cm³/mol. The molecule has 1 aliphatic heterocycles. The largest absolute Gasteiger partial charge is 0.397 e. The maximum absolute atomic E-state index is 13.7. The summed E-state index contributed by atoms with van der Waals surface area (Å²) < 4.78 is 13.7. The Morgan fingerprint density at radius 1 is 1.25 bits per heavy atom. The smallest absolute Gasteiger partial charge is 0.148 e. The number of nitrogens with zero attached hydrogens (tertiary/aromatic N) is 1. The average molecular weight is 222 g/mol. The first-order chi connectivity index (χ1) is 7.49. The van der Waals surface area contributed by atoms with Crippen LogP contribution in [0.5, 0.6) is 0 Å². The Hall–Kier alpha value is -1.25. The lowest BCUT2D eigenvalue weighted by molar-refractivity contribution is 0.279. The molecule has 0 spiro atoms. The lowest BCUT2D eigenvalue weighted by atomic mass is 9.82. The van der Waals surface area contributed by atoms with Gasteiger partial charge < -0.3 is 10.6 Å². The number of benzene rings is 1. The van der Waals surface area contributed by atoms with E-state index in [1.165, 1.54) is 6.07 Å². The van der Waals surface area contributed by atoms with Gasteiger partial charge >= 0.3 is 0 Å². The van der Waals surface area contributed by atoms with E-state index in [0.29, 0.717) is 16.8 Å². The van der Waals surface area contributed by atoms with Crippen molar-refractivity contribution in [3.8, 4) is 0 Å². The molecule has 1 aliphatic rings. The van der Waals surface area contributed by atoms with Crippen molar-refractivity contribution in [2.75, 3.05) is 23.7 Å². The molecular formula is C13H19FN2. The second kappa shape index (κ2) is 3.96. The van der Waals surface area contributed by atoms with E-state index in [1.807, 2.05) is 0 Å². The molecule has 1 aromatic rings. The summed E-state index contributed by atoms with van der Waals surface area (Å²) in [7, 11) is 0. The van der Waals surface area contributed by atoms with Gasteiger partial charge in [-0.3, -0.25) is 0 Å². The van der Waals surface area contributed by atoms with E-state index in [9.17, 15) is 4.39 Å². The van der Waals surface area contributed by atoms with Crippen molar-refractivity contribution in [2.24, 2.45) is 5.41 Å². The SMILES string of the molecule is CC1(C)CCN(c2c(N)cccc2F)CC1. The molecule has 1 aromatic carbocycles. The molecule has 0 bridgehead atoms. The predicted octanol–water partition coefficient (Wildman–Crippen LogP) is 3.03. The molecule has 0 aliphatic carbocycles. The molecule has 16 heavy (non-hydrogen) atoms. The zero-order chi connectivity index (χ0) is 11.8. The summed E-state index contributed by atoms with van der Waals surface area (Å²) in [5.74, 6) is -0.209. The Kier molecular flexibility index (Phi) is 2.78. The third-order valence-corrected chi connectivity index (χ3v) is 3.45. The van der Waals surface area contributed by atoms with Crippen LogP contribution in [0.3, 0.4) is 0 Å². The molecule has 88 valence electrons.